The Labute approximate surface area is 153 Å². The molecule has 0 unspecified atom stereocenters. The molecule has 0 N–H and O–H groups in total. The molecule has 7 heteroatoms. The van der Waals surface area contributed by atoms with E-state index in [1.54, 1.807) is 24.3 Å². The highest BCUT2D eigenvalue weighted by molar-refractivity contribution is 9.10. The van der Waals surface area contributed by atoms with E-state index in [9.17, 15) is 9.59 Å². The van der Waals surface area contributed by atoms with E-state index in [4.69, 9.17) is 18.9 Å². The van der Waals surface area contributed by atoms with Crippen molar-refractivity contribution in [1.29, 1.82) is 0 Å². The van der Waals surface area contributed by atoms with Gasteiger partial charge in [0.1, 0.15) is 5.75 Å². The van der Waals surface area contributed by atoms with Gasteiger partial charge in [-0.25, -0.2) is 4.79 Å². The van der Waals surface area contributed by atoms with E-state index in [1.165, 1.54) is 33.5 Å². The van der Waals surface area contributed by atoms with Crippen LogP contribution >= 0.6 is 15.9 Å². The zero-order valence-electron chi connectivity index (χ0n) is 14.0. The van der Waals surface area contributed by atoms with Crippen LogP contribution < -0.4 is 14.2 Å². The largest absolute Gasteiger partial charge is 0.496 e. The van der Waals surface area contributed by atoms with Crippen molar-refractivity contribution in [1.82, 2.24) is 0 Å². The minimum atomic E-state index is -0.623. The van der Waals surface area contributed by atoms with Crippen LogP contribution in [-0.4, -0.2) is 39.7 Å². The Morgan fingerprint density at radius 3 is 2.04 bits per heavy atom. The van der Waals surface area contributed by atoms with Crippen LogP contribution in [0.1, 0.15) is 20.7 Å². The van der Waals surface area contributed by atoms with E-state index in [2.05, 4.69) is 15.9 Å². The van der Waals surface area contributed by atoms with Gasteiger partial charge >= 0.3 is 5.97 Å². The van der Waals surface area contributed by atoms with E-state index >= 15 is 0 Å². The molecule has 2 rings (SSSR count). The molecule has 0 aliphatic rings. The SMILES string of the molecule is COc1ccc(C(=O)COC(=O)c2ccc(OC)c(OC)c2)cc1Br. The third-order valence-corrected chi connectivity index (χ3v) is 4.05. The summed E-state index contributed by atoms with van der Waals surface area (Å²) in [7, 11) is 4.51. The molecule has 0 saturated carbocycles. The van der Waals surface area contributed by atoms with E-state index in [-0.39, 0.29) is 18.0 Å². The monoisotopic (exact) mass is 408 g/mol. The quantitative estimate of drug-likeness (QED) is 0.515. The highest BCUT2D eigenvalue weighted by atomic mass is 79.9. The second kappa shape index (κ2) is 8.53. The molecule has 0 aromatic heterocycles. The first-order chi connectivity index (χ1) is 12.0. The lowest BCUT2D eigenvalue weighted by Gasteiger charge is -2.10. The molecule has 0 aliphatic carbocycles. The van der Waals surface area contributed by atoms with E-state index in [0.717, 1.165) is 0 Å². The van der Waals surface area contributed by atoms with E-state index < -0.39 is 5.97 Å². The fraction of sp³-hybridized carbons (Fsp3) is 0.222. The van der Waals surface area contributed by atoms with Gasteiger partial charge in [-0.3, -0.25) is 4.79 Å². The highest BCUT2D eigenvalue weighted by Crippen LogP contribution is 2.28. The standard InChI is InChI=1S/C18H17BrO6/c1-22-15-6-4-11(8-13(15)19)14(20)10-25-18(21)12-5-7-16(23-2)17(9-12)24-3/h4-9H,10H2,1-3H3. The minimum absolute atomic E-state index is 0.265. The molecule has 25 heavy (non-hydrogen) atoms. The molecule has 0 heterocycles. The first kappa shape index (κ1) is 18.8. The molecule has 0 spiro atoms. The van der Waals surface area contributed by atoms with E-state index in [1.807, 2.05) is 0 Å². The molecule has 132 valence electrons. The fourth-order valence-corrected chi connectivity index (χ4v) is 2.64. The number of ether oxygens (including phenoxy) is 4. The van der Waals surface area contributed by atoms with Crippen LogP contribution in [0.3, 0.4) is 0 Å². The van der Waals surface area contributed by atoms with Crippen molar-refractivity contribution in [2.75, 3.05) is 27.9 Å². The average molecular weight is 409 g/mol. The lowest BCUT2D eigenvalue weighted by molar-refractivity contribution is 0.0474. The van der Waals surface area contributed by atoms with Gasteiger partial charge in [-0.05, 0) is 52.3 Å². The summed E-state index contributed by atoms with van der Waals surface area (Å²) in [6.45, 7) is -0.369. The third-order valence-electron chi connectivity index (χ3n) is 3.43. The number of halogens is 1. The van der Waals surface area contributed by atoms with Gasteiger partial charge < -0.3 is 18.9 Å². The van der Waals surface area contributed by atoms with Gasteiger partial charge in [-0.15, -0.1) is 0 Å². The number of carbonyl (C=O) groups excluding carboxylic acids is 2. The summed E-state index contributed by atoms with van der Waals surface area (Å²) in [5, 5.41) is 0. The first-order valence-corrected chi connectivity index (χ1v) is 8.05. The lowest BCUT2D eigenvalue weighted by atomic mass is 10.1. The summed E-state index contributed by atoms with van der Waals surface area (Å²) in [4.78, 5) is 24.3. The Morgan fingerprint density at radius 1 is 0.840 bits per heavy atom. The number of carbonyl (C=O) groups is 2. The maximum Gasteiger partial charge on any atom is 0.338 e. The number of hydrogen-bond donors (Lipinski definition) is 0. The summed E-state index contributed by atoms with van der Waals surface area (Å²) in [5.41, 5.74) is 0.675. The van der Waals surface area contributed by atoms with Crippen molar-refractivity contribution in [3.05, 3.63) is 52.0 Å². The zero-order chi connectivity index (χ0) is 18.4. The van der Waals surface area contributed by atoms with Crippen LogP contribution in [0.5, 0.6) is 17.2 Å². The number of benzene rings is 2. The first-order valence-electron chi connectivity index (χ1n) is 7.26. The van der Waals surface area contributed by atoms with Gasteiger partial charge in [0.25, 0.3) is 0 Å². The molecule has 2 aromatic rings. The summed E-state index contributed by atoms with van der Waals surface area (Å²) in [5.74, 6) is 0.568. The molecule has 0 saturated heterocycles. The van der Waals surface area contributed by atoms with Crippen LogP contribution in [0.25, 0.3) is 0 Å². The Balaban J connectivity index is 2.04. The van der Waals surface area contributed by atoms with Crippen LogP contribution in [0.15, 0.2) is 40.9 Å². The van der Waals surface area contributed by atoms with Crippen molar-refractivity contribution >= 4 is 27.7 Å². The predicted octanol–water partition coefficient (Wildman–Crippen LogP) is 3.51. The highest BCUT2D eigenvalue weighted by Gasteiger charge is 2.15. The van der Waals surface area contributed by atoms with Crippen LogP contribution in [0, 0.1) is 0 Å². The molecule has 2 aromatic carbocycles. The minimum Gasteiger partial charge on any atom is -0.496 e. The van der Waals surface area contributed by atoms with Gasteiger partial charge in [0.2, 0.25) is 0 Å². The van der Waals surface area contributed by atoms with Crippen molar-refractivity contribution in [2.45, 2.75) is 0 Å². The molecular formula is C18H17BrO6. The number of ketones is 1. The maximum atomic E-state index is 12.2. The number of methoxy groups -OCH3 is 3. The lowest BCUT2D eigenvalue weighted by Crippen LogP contribution is -2.14. The summed E-state index contributed by atoms with van der Waals surface area (Å²) < 4.78 is 21.1. The Bertz CT molecular complexity index is 787. The topological polar surface area (TPSA) is 71.1 Å². The molecule has 0 bridgehead atoms. The molecule has 0 amide bonds. The second-order valence-electron chi connectivity index (χ2n) is 4.92. The zero-order valence-corrected chi connectivity index (χ0v) is 15.6. The van der Waals surface area contributed by atoms with Crippen LogP contribution in [0.2, 0.25) is 0 Å². The molecule has 0 aliphatic heterocycles. The Morgan fingerprint density at radius 2 is 1.44 bits per heavy atom. The van der Waals surface area contributed by atoms with Gasteiger partial charge in [-0.2, -0.15) is 0 Å². The molecule has 0 fully saturated rings. The van der Waals surface area contributed by atoms with Gasteiger partial charge in [0, 0.05) is 5.56 Å². The van der Waals surface area contributed by atoms with Gasteiger partial charge in [-0.1, -0.05) is 0 Å². The molecule has 0 radical (unpaired) electrons. The van der Waals surface area contributed by atoms with Gasteiger partial charge in [0.15, 0.2) is 23.9 Å². The number of Topliss-reactive ketones (excluding diaryl/α,β-unsaturated/α-hetero) is 1. The smallest absolute Gasteiger partial charge is 0.338 e. The third kappa shape index (κ3) is 4.51. The van der Waals surface area contributed by atoms with Crippen LogP contribution in [-0.2, 0) is 4.74 Å². The van der Waals surface area contributed by atoms with Gasteiger partial charge in [0.05, 0.1) is 31.4 Å². The van der Waals surface area contributed by atoms with Crippen LogP contribution in [0.4, 0.5) is 0 Å². The van der Waals surface area contributed by atoms with Crippen molar-refractivity contribution in [3.8, 4) is 17.2 Å². The number of esters is 1. The summed E-state index contributed by atoms with van der Waals surface area (Å²) >= 11 is 3.31. The number of hydrogen-bond acceptors (Lipinski definition) is 6. The predicted molar refractivity (Wildman–Crippen MR) is 94.9 cm³/mol. The van der Waals surface area contributed by atoms with E-state index in [0.29, 0.717) is 27.3 Å². The molecule has 6 nitrogen and oxygen atoms in total. The Kier molecular flexibility index (Phi) is 6.41. The Hall–Kier alpha value is -2.54. The normalized spacial score (nSPS) is 10.1. The molecular weight excluding hydrogens is 392 g/mol. The second-order valence-corrected chi connectivity index (χ2v) is 5.77. The average Bonchev–Trinajstić information content (AvgIpc) is 2.64. The summed E-state index contributed by atoms with van der Waals surface area (Å²) in [6, 6.07) is 9.51. The summed E-state index contributed by atoms with van der Waals surface area (Å²) in [6.07, 6.45) is 0. The molecule has 0 atom stereocenters. The number of rotatable bonds is 7. The van der Waals surface area contributed by atoms with Crippen molar-refractivity contribution in [2.24, 2.45) is 0 Å². The van der Waals surface area contributed by atoms with Crippen molar-refractivity contribution in [3.63, 3.8) is 0 Å². The van der Waals surface area contributed by atoms with Crippen molar-refractivity contribution < 1.29 is 28.5 Å². The maximum absolute atomic E-state index is 12.2. The fourth-order valence-electron chi connectivity index (χ4n) is 2.10.